The largest absolute Gasteiger partial charge is 0.438 e. The van der Waals surface area contributed by atoms with E-state index in [1.54, 1.807) is 24.3 Å². The molecule has 0 bridgehead atoms. The van der Waals surface area contributed by atoms with Crippen LogP contribution in [0.5, 0.6) is 0 Å². The highest BCUT2D eigenvalue weighted by Crippen LogP contribution is 2.19. The van der Waals surface area contributed by atoms with Crippen molar-refractivity contribution in [3.8, 4) is 5.69 Å². The molecule has 2 aromatic rings. The molecule has 0 atom stereocenters. The second-order valence-electron chi connectivity index (χ2n) is 5.69. The van der Waals surface area contributed by atoms with Crippen molar-refractivity contribution in [2.75, 3.05) is 0 Å². The SMILES string of the molecule is O=[N+]([O-])c1nn(-c2ccccc2)n(O)c1=NC1CCCCCC1. The van der Waals surface area contributed by atoms with Gasteiger partial charge in [-0.15, -0.1) is 0 Å². The van der Waals surface area contributed by atoms with Gasteiger partial charge in [0.2, 0.25) is 0 Å². The van der Waals surface area contributed by atoms with Crippen molar-refractivity contribution in [3.05, 3.63) is 45.9 Å². The van der Waals surface area contributed by atoms with E-state index in [2.05, 4.69) is 10.1 Å². The molecule has 0 amide bonds. The quantitative estimate of drug-likeness (QED) is 0.407. The maximum Gasteiger partial charge on any atom is 0.438 e. The first-order valence-corrected chi connectivity index (χ1v) is 7.82. The molecule has 0 aliphatic heterocycles. The molecule has 1 aliphatic carbocycles. The fraction of sp³-hybridized carbons (Fsp3) is 0.467. The van der Waals surface area contributed by atoms with E-state index in [9.17, 15) is 15.3 Å². The average molecular weight is 317 g/mol. The fourth-order valence-corrected chi connectivity index (χ4v) is 2.87. The van der Waals surface area contributed by atoms with Crippen molar-refractivity contribution in [2.24, 2.45) is 4.99 Å². The van der Waals surface area contributed by atoms with Gasteiger partial charge >= 0.3 is 5.82 Å². The van der Waals surface area contributed by atoms with Crippen LogP contribution in [0.3, 0.4) is 0 Å². The Kier molecular flexibility index (Phi) is 4.40. The van der Waals surface area contributed by atoms with Gasteiger partial charge in [0.1, 0.15) is 5.69 Å². The number of benzene rings is 1. The minimum absolute atomic E-state index is 0.0111. The molecule has 1 saturated carbocycles. The molecular formula is C15H19N5O3. The number of nitro groups is 1. The summed E-state index contributed by atoms with van der Waals surface area (Å²) in [5.74, 6) is -0.430. The Hall–Kier alpha value is -2.64. The Balaban J connectivity index is 2.08. The Bertz CT molecular complexity index is 742. The third kappa shape index (κ3) is 3.25. The van der Waals surface area contributed by atoms with Crippen LogP contribution < -0.4 is 5.49 Å². The molecule has 1 aromatic carbocycles. The van der Waals surface area contributed by atoms with E-state index in [4.69, 9.17) is 0 Å². The highest BCUT2D eigenvalue weighted by atomic mass is 16.6. The van der Waals surface area contributed by atoms with Crippen molar-refractivity contribution in [2.45, 2.75) is 44.6 Å². The third-order valence-corrected chi connectivity index (χ3v) is 4.05. The second-order valence-corrected chi connectivity index (χ2v) is 5.69. The minimum Gasteiger partial charge on any atom is -0.409 e. The fourth-order valence-electron chi connectivity index (χ4n) is 2.87. The summed E-state index contributed by atoms with van der Waals surface area (Å²) < 4.78 is 0. The molecule has 1 fully saturated rings. The summed E-state index contributed by atoms with van der Waals surface area (Å²) >= 11 is 0. The standard InChI is InChI=1S/C15H19N5O3/c21-19-14(16-12-8-4-1-2-5-9-12)15(20(22)23)17-18(19)13-10-6-3-7-11-13/h3,6-7,10-12,21H,1-2,4-5,8-9H2. The summed E-state index contributed by atoms with van der Waals surface area (Å²) in [4.78, 5) is 16.9. The summed E-state index contributed by atoms with van der Waals surface area (Å²) in [6.45, 7) is 0. The topological polar surface area (TPSA) is 98.5 Å². The number of hydrogen-bond acceptors (Lipinski definition) is 5. The first-order valence-electron chi connectivity index (χ1n) is 7.82. The normalized spacial score (nSPS) is 17.1. The van der Waals surface area contributed by atoms with E-state index in [-0.39, 0.29) is 11.5 Å². The van der Waals surface area contributed by atoms with Gasteiger partial charge in [0.05, 0.1) is 11.1 Å². The Morgan fingerprint density at radius 3 is 2.43 bits per heavy atom. The van der Waals surface area contributed by atoms with Crippen molar-refractivity contribution in [1.29, 1.82) is 0 Å². The molecule has 0 unspecified atom stereocenters. The van der Waals surface area contributed by atoms with E-state index in [1.165, 1.54) is 0 Å². The van der Waals surface area contributed by atoms with Crippen LogP contribution in [0.2, 0.25) is 0 Å². The van der Waals surface area contributed by atoms with Gasteiger partial charge in [-0.1, -0.05) is 48.7 Å². The summed E-state index contributed by atoms with van der Waals surface area (Å²) in [6, 6.07) is 8.76. The van der Waals surface area contributed by atoms with Crippen molar-refractivity contribution >= 4 is 5.82 Å². The van der Waals surface area contributed by atoms with Crippen LogP contribution in [0.4, 0.5) is 5.82 Å². The predicted molar refractivity (Wildman–Crippen MR) is 82.4 cm³/mol. The maximum absolute atomic E-state index is 11.3. The van der Waals surface area contributed by atoms with Crippen LogP contribution in [-0.2, 0) is 0 Å². The molecule has 0 radical (unpaired) electrons. The number of para-hydroxylation sites is 1. The number of hydrogen-bond donors (Lipinski definition) is 1. The second kappa shape index (κ2) is 6.64. The maximum atomic E-state index is 11.3. The summed E-state index contributed by atoms with van der Waals surface area (Å²) in [5.41, 5.74) is 0.436. The van der Waals surface area contributed by atoms with E-state index in [0.29, 0.717) is 10.5 Å². The van der Waals surface area contributed by atoms with E-state index in [1.807, 2.05) is 6.07 Å². The van der Waals surface area contributed by atoms with E-state index in [0.717, 1.165) is 43.3 Å². The summed E-state index contributed by atoms with van der Waals surface area (Å²) in [5, 5.41) is 25.5. The minimum atomic E-state index is -0.609. The van der Waals surface area contributed by atoms with Crippen molar-refractivity contribution in [1.82, 2.24) is 14.7 Å². The summed E-state index contributed by atoms with van der Waals surface area (Å²) in [6.07, 6.45) is 6.20. The Morgan fingerprint density at radius 2 is 1.83 bits per heavy atom. The zero-order valence-electron chi connectivity index (χ0n) is 12.7. The molecule has 8 nitrogen and oxygen atoms in total. The average Bonchev–Trinajstić information content (AvgIpc) is 2.73. The molecule has 8 heteroatoms. The van der Waals surface area contributed by atoms with E-state index < -0.39 is 10.7 Å². The smallest absolute Gasteiger partial charge is 0.409 e. The lowest BCUT2D eigenvalue weighted by atomic mass is 10.1. The molecule has 0 saturated heterocycles. The number of aromatic nitrogens is 3. The van der Waals surface area contributed by atoms with Gasteiger partial charge in [-0.2, -0.15) is 0 Å². The lowest BCUT2D eigenvalue weighted by Crippen LogP contribution is -2.24. The summed E-state index contributed by atoms with van der Waals surface area (Å²) in [7, 11) is 0. The van der Waals surface area contributed by atoms with Crippen molar-refractivity contribution < 1.29 is 10.1 Å². The highest BCUT2D eigenvalue weighted by Gasteiger charge is 2.25. The zero-order valence-corrected chi connectivity index (χ0v) is 12.7. The lowest BCUT2D eigenvalue weighted by Gasteiger charge is -2.06. The molecule has 3 rings (SSSR count). The van der Waals surface area contributed by atoms with E-state index >= 15 is 0 Å². The van der Waals surface area contributed by atoms with Gasteiger partial charge < -0.3 is 15.3 Å². The van der Waals surface area contributed by atoms with Crippen LogP contribution in [0.25, 0.3) is 5.69 Å². The molecular weight excluding hydrogens is 298 g/mol. The monoisotopic (exact) mass is 317 g/mol. The Labute approximate surface area is 132 Å². The van der Waals surface area contributed by atoms with Crippen LogP contribution >= 0.6 is 0 Å². The molecule has 1 heterocycles. The molecule has 1 aliphatic rings. The first-order chi connectivity index (χ1) is 11.2. The Morgan fingerprint density at radius 1 is 1.17 bits per heavy atom. The molecule has 1 aromatic heterocycles. The van der Waals surface area contributed by atoms with Gasteiger partial charge in [-0.05, 0) is 34.7 Å². The lowest BCUT2D eigenvalue weighted by molar-refractivity contribution is -0.391. The molecule has 0 spiro atoms. The van der Waals surface area contributed by atoms with Gasteiger partial charge in [0.15, 0.2) is 0 Å². The molecule has 1 N–H and O–H groups in total. The molecule has 23 heavy (non-hydrogen) atoms. The highest BCUT2D eigenvalue weighted by molar-refractivity contribution is 5.29. The predicted octanol–water partition coefficient (Wildman–Crippen LogP) is 2.44. The zero-order chi connectivity index (χ0) is 16.2. The van der Waals surface area contributed by atoms with Gasteiger partial charge in [0, 0.05) is 0 Å². The number of nitrogens with zero attached hydrogens (tertiary/aromatic N) is 5. The number of rotatable bonds is 3. The van der Waals surface area contributed by atoms with Gasteiger partial charge in [0.25, 0.3) is 5.49 Å². The first kappa shape index (κ1) is 15.3. The van der Waals surface area contributed by atoms with Gasteiger partial charge in [-0.25, -0.2) is 0 Å². The van der Waals surface area contributed by atoms with Crippen LogP contribution in [-0.4, -0.2) is 30.9 Å². The van der Waals surface area contributed by atoms with Crippen LogP contribution in [0.1, 0.15) is 38.5 Å². The third-order valence-electron chi connectivity index (χ3n) is 4.05. The van der Waals surface area contributed by atoms with Crippen molar-refractivity contribution in [3.63, 3.8) is 0 Å². The van der Waals surface area contributed by atoms with Crippen LogP contribution in [0, 0.1) is 10.1 Å². The van der Waals surface area contributed by atoms with Gasteiger partial charge in [-0.3, -0.25) is 4.99 Å². The molecule has 122 valence electrons. The van der Waals surface area contributed by atoms with Crippen LogP contribution in [0.15, 0.2) is 35.3 Å².